The number of anilines is 1. The van der Waals surface area contributed by atoms with Crippen LogP contribution in [-0.2, 0) is 17.8 Å². The first-order chi connectivity index (χ1) is 8.63. The van der Waals surface area contributed by atoms with Crippen molar-refractivity contribution in [3.8, 4) is 0 Å². The third kappa shape index (κ3) is 3.72. The second kappa shape index (κ2) is 5.84. The molecule has 0 saturated heterocycles. The first-order valence-corrected chi connectivity index (χ1v) is 6.54. The number of carbonyl (C=O) groups excluding carboxylic acids is 1. The average Bonchev–Trinajstić information content (AvgIpc) is 2.74. The topological polar surface area (TPSA) is 68.0 Å². The van der Waals surface area contributed by atoms with Crippen LogP contribution in [0.15, 0.2) is 30.5 Å². The number of hydrogen-bond donors (Lipinski definition) is 2. The lowest BCUT2D eigenvalue weighted by Crippen LogP contribution is -2.13. The number of halogens is 1. The standard InChI is InChI=1S/C12H12ClN3OS/c13-12-16-7-10(18-12)6-15-9-3-1-8(2-4-9)5-11(14)17/h1-4,7,15H,5-6H2,(H2,14,17). The van der Waals surface area contributed by atoms with Crippen LogP contribution < -0.4 is 11.1 Å². The third-order valence-corrected chi connectivity index (χ3v) is 3.44. The van der Waals surface area contributed by atoms with Crippen LogP contribution in [0.25, 0.3) is 0 Å². The van der Waals surface area contributed by atoms with Crippen LogP contribution in [0.5, 0.6) is 0 Å². The van der Waals surface area contributed by atoms with Gasteiger partial charge in [0.1, 0.15) is 0 Å². The largest absolute Gasteiger partial charge is 0.380 e. The van der Waals surface area contributed by atoms with Gasteiger partial charge < -0.3 is 11.1 Å². The molecular formula is C12H12ClN3OS. The third-order valence-electron chi connectivity index (χ3n) is 2.32. The Kier molecular flexibility index (Phi) is 4.17. The number of hydrogen-bond acceptors (Lipinski definition) is 4. The molecule has 0 spiro atoms. The SMILES string of the molecule is NC(=O)Cc1ccc(NCc2cnc(Cl)s2)cc1. The van der Waals surface area contributed by atoms with Crippen LogP contribution in [0.1, 0.15) is 10.4 Å². The maximum atomic E-state index is 10.8. The van der Waals surface area contributed by atoms with Crippen molar-refractivity contribution in [1.82, 2.24) is 4.98 Å². The van der Waals surface area contributed by atoms with Gasteiger partial charge in [-0.05, 0) is 17.7 Å². The predicted molar refractivity (Wildman–Crippen MR) is 73.8 cm³/mol. The summed E-state index contributed by atoms with van der Waals surface area (Å²) in [5.41, 5.74) is 7.02. The minimum Gasteiger partial charge on any atom is -0.380 e. The minimum absolute atomic E-state index is 0.269. The molecule has 0 bridgehead atoms. The van der Waals surface area contributed by atoms with E-state index in [2.05, 4.69) is 10.3 Å². The molecule has 2 aromatic rings. The van der Waals surface area contributed by atoms with Crippen LogP contribution >= 0.6 is 22.9 Å². The molecule has 0 fully saturated rings. The van der Waals surface area contributed by atoms with Crippen molar-refractivity contribution in [2.45, 2.75) is 13.0 Å². The van der Waals surface area contributed by atoms with Gasteiger partial charge in [-0.15, -0.1) is 11.3 Å². The highest BCUT2D eigenvalue weighted by atomic mass is 35.5. The van der Waals surface area contributed by atoms with Gasteiger partial charge in [0, 0.05) is 16.8 Å². The summed E-state index contributed by atoms with van der Waals surface area (Å²) in [6.45, 7) is 0.680. The van der Waals surface area contributed by atoms with Crippen molar-refractivity contribution in [2.75, 3.05) is 5.32 Å². The lowest BCUT2D eigenvalue weighted by Gasteiger charge is -2.05. The average molecular weight is 282 g/mol. The van der Waals surface area contributed by atoms with Crippen LogP contribution in [0.2, 0.25) is 4.47 Å². The summed E-state index contributed by atoms with van der Waals surface area (Å²) < 4.78 is 0.545. The van der Waals surface area contributed by atoms with Crippen LogP contribution in [0.3, 0.4) is 0 Å². The zero-order chi connectivity index (χ0) is 13.0. The number of aromatic nitrogens is 1. The highest BCUT2D eigenvalue weighted by Gasteiger charge is 2.01. The maximum Gasteiger partial charge on any atom is 0.221 e. The van der Waals surface area contributed by atoms with E-state index in [0.717, 1.165) is 16.1 Å². The van der Waals surface area contributed by atoms with E-state index in [1.54, 1.807) is 6.20 Å². The van der Waals surface area contributed by atoms with Gasteiger partial charge in [-0.3, -0.25) is 4.79 Å². The highest BCUT2D eigenvalue weighted by molar-refractivity contribution is 7.15. The van der Waals surface area contributed by atoms with E-state index in [1.807, 2.05) is 24.3 Å². The molecule has 94 valence electrons. The van der Waals surface area contributed by atoms with E-state index in [0.29, 0.717) is 11.0 Å². The van der Waals surface area contributed by atoms with Gasteiger partial charge in [0.15, 0.2) is 4.47 Å². The van der Waals surface area contributed by atoms with Gasteiger partial charge in [0.2, 0.25) is 5.91 Å². The Morgan fingerprint density at radius 2 is 2.11 bits per heavy atom. The number of nitrogens with zero attached hydrogens (tertiary/aromatic N) is 1. The van der Waals surface area contributed by atoms with E-state index in [4.69, 9.17) is 17.3 Å². The van der Waals surface area contributed by atoms with E-state index in [9.17, 15) is 4.79 Å². The Morgan fingerprint density at radius 1 is 1.39 bits per heavy atom. The van der Waals surface area contributed by atoms with Crippen molar-refractivity contribution >= 4 is 34.5 Å². The molecule has 1 amide bonds. The highest BCUT2D eigenvalue weighted by Crippen LogP contribution is 2.19. The number of thiazole rings is 1. The number of rotatable bonds is 5. The van der Waals surface area contributed by atoms with E-state index in [-0.39, 0.29) is 12.3 Å². The molecule has 0 saturated carbocycles. The first kappa shape index (κ1) is 12.9. The van der Waals surface area contributed by atoms with Gasteiger partial charge in [-0.2, -0.15) is 0 Å². The van der Waals surface area contributed by atoms with Gasteiger partial charge >= 0.3 is 0 Å². The normalized spacial score (nSPS) is 10.3. The fourth-order valence-electron chi connectivity index (χ4n) is 1.50. The number of nitrogens with two attached hydrogens (primary N) is 1. The molecule has 2 rings (SSSR count). The fourth-order valence-corrected chi connectivity index (χ4v) is 2.41. The maximum absolute atomic E-state index is 10.8. The summed E-state index contributed by atoms with van der Waals surface area (Å²) in [5, 5.41) is 3.25. The quantitative estimate of drug-likeness (QED) is 0.884. The summed E-state index contributed by atoms with van der Waals surface area (Å²) in [4.78, 5) is 15.8. The lowest BCUT2D eigenvalue weighted by atomic mass is 10.1. The molecule has 0 atom stereocenters. The van der Waals surface area contributed by atoms with Crippen LogP contribution in [0, 0.1) is 0 Å². The second-order valence-corrected chi connectivity index (χ2v) is 5.47. The number of benzene rings is 1. The molecule has 0 unspecified atom stereocenters. The van der Waals surface area contributed by atoms with Crippen molar-refractivity contribution < 1.29 is 4.79 Å². The van der Waals surface area contributed by atoms with Gasteiger partial charge in [0.25, 0.3) is 0 Å². The Bertz CT molecular complexity index is 539. The van der Waals surface area contributed by atoms with E-state index < -0.39 is 0 Å². The molecule has 18 heavy (non-hydrogen) atoms. The Balaban J connectivity index is 1.92. The number of amides is 1. The smallest absolute Gasteiger partial charge is 0.221 e. The molecule has 0 aliphatic heterocycles. The summed E-state index contributed by atoms with van der Waals surface area (Å²) in [5.74, 6) is -0.324. The van der Waals surface area contributed by atoms with E-state index >= 15 is 0 Å². The predicted octanol–water partition coefficient (Wildman–Crippen LogP) is 2.44. The van der Waals surface area contributed by atoms with Crippen LogP contribution in [0.4, 0.5) is 5.69 Å². The Labute approximate surface area is 114 Å². The van der Waals surface area contributed by atoms with Crippen molar-refractivity contribution in [1.29, 1.82) is 0 Å². The van der Waals surface area contributed by atoms with Gasteiger partial charge in [-0.25, -0.2) is 4.98 Å². The molecule has 1 aromatic carbocycles. The zero-order valence-electron chi connectivity index (χ0n) is 9.52. The summed E-state index contributed by atoms with van der Waals surface area (Å²) in [7, 11) is 0. The number of primary amides is 1. The zero-order valence-corrected chi connectivity index (χ0v) is 11.1. The lowest BCUT2D eigenvalue weighted by molar-refractivity contribution is -0.117. The first-order valence-electron chi connectivity index (χ1n) is 5.35. The van der Waals surface area contributed by atoms with Crippen molar-refractivity contribution in [3.63, 3.8) is 0 Å². The van der Waals surface area contributed by atoms with Crippen LogP contribution in [-0.4, -0.2) is 10.9 Å². The molecule has 6 heteroatoms. The number of nitrogens with one attached hydrogen (secondary N) is 1. The summed E-state index contributed by atoms with van der Waals surface area (Å²) >= 11 is 7.20. The molecule has 1 aromatic heterocycles. The molecule has 0 radical (unpaired) electrons. The fraction of sp³-hybridized carbons (Fsp3) is 0.167. The molecule has 1 heterocycles. The Hall–Kier alpha value is -1.59. The molecule has 4 nitrogen and oxygen atoms in total. The Morgan fingerprint density at radius 3 is 2.67 bits per heavy atom. The van der Waals surface area contributed by atoms with E-state index in [1.165, 1.54) is 11.3 Å². The van der Waals surface area contributed by atoms with Crippen molar-refractivity contribution in [2.24, 2.45) is 5.73 Å². The molecular weight excluding hydrogens is 270 g/mol. The van der Waals surface area contributed by atoms with Gasteiger partial charge in [0.05, 0.1) is 13.0 Å². The minimum atomic E-state index is -0.324. The number of carbonyl (C=O) groups is 1. The molecule has 0 aliphatic rings. The molecule has 3 N–H and O–H groups in total. The van der Waals surface area contributed by atoms with Gasteiger partial charge in [-0.1, -0.05) is 23.7 Å². The van der Waals surface area contributed by atoms with Crippen molar-refractivity contribution in [3.05, 3.63) is 45.4 Å². The second-order valence-electron chi connectivity index (χ2n) is 3.77. The summed E-state index contributed by atoms with van der Waals surface area (Å²) in [6.07, 6.45) is 2.02. The summed E-state index contributed by atoms with van der Waals surface area (Å²) in [6, 6.07) is 7.60. The monoisotopic (exact) mass is 281 g/mol. The molecule has 0 aliphatic carbocycles.